The van der Waals surface area contributed by atoms with Gasteiger partial charge in [-0.1, -0.05) is 0 Å². The zero-order chi connectivity index (χ0) is 9.10. The van der Waals surface area contributed by atoms with Crippen LogP contribution in [0.5, 0.6) is 0 Å². The van der Waals surface area contributed by atoms with Crippen molar-refractivity contribution in [1.82, 2.24) is 10.3 Å². The number of nitrogens with two attached hydrogens (primary N) is 1. The van der Waals surface area contributed by atoms with Crippen LogP contribution in [0.15, 0.2) is 11.6 Å². The van der Waals surface area contributed by atoms with Crippen molar-refractivity contribution in [3.8, 4) is 0 Å². The number of hydrogen-bond acceptors (Lipinski definition) is 4. The summed E-state index contributed by atoms with van der Waals surface area (Å²) in [4.78, 5) is 4.28. The summed E-state index contributed by atoms with van der Waals surface area (Å²) in [6, 6.07) is 0.352. The molecule has 2 unspecified atom stereocenters. The van der Waals surface area contributed by atoms with E-state index in [0.29, 0.717) is 12.0 Å². The summed E-state index contributed by atoms with van der Waals surface area (Å²) in [7, 11) is 0. The molecule has 13 heavy (non-hydrogen) atoms. The van der Waals surface area contributed by atoms with E-state index in [2.05, 4.69) is 10.3 Å². The van der Waals surface area contributed by atoms with E-state index in [4.69, 9.17) is 5.73 Å². The topological polar surface area (TPSA) is 50.9 Å². The van der Waals surface area contributed by atoms with E-state index < -0.39 is 0 Å². The number of thiazole rings is 1. The van der Waals surface area contributed by atoms with Gasteiger partial charge in [0.1, 0.15) is 0 Å². The standard InChI is InChI=1S/C9H15N3S/c10-8-1-2-11-6-7(8)5-9-12-3-4-13-9/h3-4,7-8,11H,1-2,5-6,10H2. The van der Waals surface area contributed by atoms with E-state index in [9.17, 15) is 0 Å². The van der Waals surface area contributed by atoms with Crippen molar-refractivity contribution < 1.29 is 0 Å². The van der Waals surface area contributed by atoms with Gasteiger partial charge in [-0.2, -0.15) is 0 Å². The van der Waals surface area contributed by atoms with Crippen LogP contribution in [0.3, 0.4) is 0 Å². The lowest BCUT2D eigenvalue weighted by molar-refractivity contribution is 0.324. The molecule has 3 nitrogen and oxygen atoms in total. The molecule has 0 radical (unpaired) electrons. The van der Waals surface area contributed by atoms with Gasteiger partial charge in [0.25, 0.3) is 0 Å². The molecule has 1 aromatic rings. The lowest BCUT2D eigenvalue weighted by Gasteiger charge is -2.28. The molecule has 4 heteroatoms. The summed E-state index contributed by atoms with van der Waals surface area (Å²) in [5.41, 5.74) is 6.03. The van der Waals surface area contributed by atoms with E-state index in [1.165, 1.54) is 5.01 Å². The minimum Gasteiger partial charge on any atom is -0.327 e. The van der Waals surface area contributed by atoms with Crippen LogP contribution in [0.4, 0.5) is 0 Å². The van der Waals surface area contributed by atoms with Crippen molar-refractivity contribution in [2.75, 3.05) is 13.1 Å². The van der Waals surface area contributed by atoms with Crippen LogP contribution in [0.1, 0.15) is 11.4 Å². The molecule has 72 valence electrons. The molecule has 2 atom stereocenters. The first-order chi connectivity index (χ1) is 6.36. The Morgan fingerprint density at radius 3 is 3.31 bits per heavy atom. The fourth-order valence-corrected chi connectivity index (χ4v) is 2.46. The quantitative estimate of drug-likeness (QED) is 0.731. The zero-order valence-electron chi connectivity index (χ0n) is 7.57. The highest BCUT2D eigenvalue weighted by molar-refractivity contribution is 7.09. The maximum atomic E-state index is 6.03. The van der Waals surface area contributed by atoms with E-state index in [1.54, 1.807) is 11.3 Å². The number of nitrogens with one attached hydrogen (secondary N) is 1. The second kappa shape index (κ2) is 4.17. The van der Waals surface area contributed by atoms with Gasteiger partial charge in [0.05, 0.1) is 5.01 Å². The fourth-order valence-electron chi connectivity index (χ4n) is 1.74. The lowest BCUT2D eigenvalue weighted by Crippen LogP contribution is -2.45. The van der Waals surface area contributed by atoms with Crippen LogP contribution in [-0.4, -0.2) is 24.1 Å². The summed E-state index contributed by atoms with van der Waals surface area (Å²) >= 11 is 1.72. The number of aromatic nitrogens is 1. The molecule has 1 aromatic heterocycles. The third-order valence-corrected chi connectivity index (χ3v) is 3.39. The van der Waals surface area contributed by atoms with Gasteiger partial charge in [0.2, 0.25) is 0 Å². The van der Waals surface area contributed by atoms with Crippen LogP contribution < -0.4 is 11.1 Å². The molecule has 1 fully saturated rings. The summed E-state index contributed by atoms with van der Waals surface area (Å²) in [6.45, 7) is 2.11. The minimum atomic E-state index is 0.352. The van der Waals surface area contributed by atoms with Gasteiger partial charge in [0, 0.05) is 24.0 Å². The van der Waals surface area contributed by atoms with Crippen molar-refractivity contribution in [3.63, 3.8) is 0 Å². The van der Waals surface area contributed by atoms with Crippen LogP contribution in [0.2, 0.25) is 0 Å². The molecule has 1 aliphatic heterocycles. The lowest BCUT2D eigenvalue weighted by atomic mass is 9.91. The Morgan fingerprint density at radius 1 is 1.69 bits per heavy atom. The third-order valence-electron chi connectivity index (χ3n) is 2.59. The average molecular weight is 197 g/mol. The van der Waals surface area contributed by atoms with Gasteiger partial charge in [-0.15, -0.1) is 11.3 Å². The Bertz CT molecular complexity index is 247. The number of hydrogen-bond donors (Lipinski definition) is 2. The van der Waals surface area contributed by atoms with Gasteiger partial charge in [-0.3, -0.25) is 0 Å². The highest BCUT2D eigenvalue weighted by atomic mass is 32.1. The van der Waals surface area contributed by atoms with Crippen molar-refractivity contribution >= 4 is 11.3 Å². The molecule has 2 rings (SSSR count). The minimum absolute atomic E-state index is 0.352. The number of piperidine rings is 1. The Balaban J connectivity index is 1.93. The molecule has 1 saturated heterocycles. The number of nitrogens with zero attached hydrogens (tertiary/aromatic N) is 1. The monoisotopic (exact) mass is 197 g/mol. The van der Waals surface area contributed by atoms with E-state index in [1.807, 2.05) is 11.6 Å². The fraction of sp³-hybridized carbons (Fsp3) is 0.667. The summed E-state index contributed by atoms with van der Waals surface area (Å²) in [5.74, 6) is 0.569. The van der Waals surface area contributed by atoms with Gasteiger partial charge in [-0.25, -0.2) is 4.98 Å². The van der Waals surface area contributed by atoms with Crippen LogP contribution in [0, 0.1) is 5.92 Å². The van der Waals surface area contributed by atoms with Crippen molar-refractivity contribution in [1.29, 1.82) is 0 Å². The first kappa shape index (κ1) is 9.12. The second-order valence-corrected chi connectivity index (χ2v) is 4.53. The maximum absolute atomic E-state index is 6.03. The largest absolute Gasteiger partial charge is 0.327 e. The molecule has 0 aromatic carbocycles. The maximum Gasteiger partial charge on any atom is 0.0928 e. The van der Waals surface area contributed by atoms with Crippen LogP contribution in [-0.2, 0) is 6.42 Å². The van der Waals surface area contributed by atoms with Crippen molar-refractivity contribution in [3.05, 3.63) is 16.6 Å². The second-order valence-electron chi connectivity index (χ2n) is 3.55. The smallest absolute Gasteiger partial charge is 0.0928 e. The Kier molecular flexibility index (Phi) is 2.93. The zero-order valence-corrected chi connectivity index (χ0v) is 8.39. The molecule has 0 spiro atoms. The first-order valence-electron chi connectivity index (χ1n) is 4.71. The highest BCUT2D eigenvalue weighted by Gasteiger charge is 2.22. The predicted molar refractivity (Wildman–Crippen MR) is 54.8 cm³/mol. The molecular formula is C9H15N3S. The van der Waals surface area contributed by atoms with Crippen LogP contribution in [0.25, 0.3) is 0 Å². The van der Waals surface area contributed by atoms with Gasteiger partial charge in [0.15, 0.2) is 0 Å². The predicted octanol–water partition coefficient (Wildman–Crippen LogP) is 0.622. The van der Waals surface area contributed by atoms with Gasteiger partial charge in [-0.05, 0) is 25.4 Å². The summed E-state index contributed by atoms with van der Waals surface area (Å²) < 4.78 is 0. The van der Waals surface area contributed by atoms with Gasteiger partial charge >= 0.3 is 0 Å². The summed E-state index contributed by atoms with van der Waals surface area (Å²) in [6.07, 6.45) is 3.99. The Hall–Kier alpha value is -0.450. The van der Waals surface area contributed by atoms with E-state index in [0.717, 1.165) is 25.9 Å². The summed E-state index contributed by atoms with van der Waals surface area (Å²) in [5, 5.41) is 6.61. The highest BCUT2D eigenvalue weighted by Crippen LogP contribution is 2.16. The molecule has 1 aliphatic rings. The number of rotatable bonds is 2. The molecule has 0 bridgehead atoms. The van der Waals surface area contributed by atoms with E-state index >= 15 is 0 Å². The molecule has 3 N–H and O–H groups in total. The van der Waals surface area contributed by atoms with Crippen molar-refractivity contribution in [2.24, 2.45) is 11.7 Å². The molecule has 0 saturated carbocycles. The Morgan fingerprint density at radius 2 is 2.62 bits per heavy atom. The molecular weight excluding hydrogens is 182 g/mol. The first-order valence-corrected chi connectivity index (χ1v) is 5.59. The van der Waals surface area contributed by atoms with Gasteiger partial charge < -0.3 is 11.1 Å². The van der Waals surface area contributed by atoms with Crippen molar-refractivity contribution in [2.45, 2.75) is 18.9 Å². The van der Waals surface area contributed by atoms with Crippen LogP contribution >= 0.6 is 11.3 Å². The molecule has 2 heterocycles. The van der Waals surface area contributed by atoms with E-state index in [-0.39, 0.29) is 0 Å². The molecule has 0 amide bonds. The Labute approximate surface area is 82.4 Å². The average Bonchev–Trinajstić information content (AvgIpc) is 2.61. The SMILES string of the molecule is NC1CCNCC1Cc1nccs1. The molecule has 0 aliphatic carbocycles. The third kappa shape index (κ3) is 2.27. The normalized spacial score (nSPS) is 29.0.